The van der Waals surface area contributed by atoms with Gasteiger partial charge in [-0.25, -0.2) is 18.5 Å². The summed E-state index contributed by atoms with van der Waals surface area (Å²) in [5, 5.41) is 10.7. The maximum Gasteiger partial charge on any atom is 0.238 e. The van der Waals surface area contributed by atoms with Crippen molar-refractivity contribution >= 4 is 20.9 Å². The molecular weight excluding hydrogens is 356 g/mol. The number of primary sulfonamides is 1. The molecule has 9 heteroatoms. The fraction of sp³-hybridized carbons (Fsp3) is 0.294. The number of methoxy groups -OCH3 is 1. The van der Waals surface area contributed by atoms with Crippen LogP contribution in [0.25, 0.3) is 22.2 Å². The second kappa shape index (κ2) is 6.35. The van der Waals surface area contributed by atoms with E-state index in [4.69, 9.17) is 19.7 Å². The molecule has 0 radical (unpaired) electrons. The van der Waals surface area contributed by atoms with Crippen LogP contribution in [-0.2, 0) is 14.8 Å². The first kappa shape index (κ1) is 17.0. The van der Waals surface area contributed by atoms with E-state index in [2.05, 4.69) is 4.98 Å². The summed E-state index contributed by atoms with van der Waals surface area (Å²) in [5.74, 6) is 0.471. The number of hydrogen-bond acceptors (Lipinski definition) is 6. The molecule has 0 amide bonds. The summed E-state index contributed by atoms with van der Waals surface area (Å²) < 4.78 is 35.8. The second-order valence-electron chi connectivity index (χ2n) is 6.09. The summed E-state index contributed by atoms with van der Waals surface area (Å²) >= 11 is 0. The van der Waals surface area contributed by atoms with Gasteiger partial charge in [-0.05, 0) is 24.6 Å². The number of nitrogens with two attached hydrogens (primary N) is 1. The number of benzene rings is 1. The van der Waals surface area contributed by atoms with Gasteiger partial charge >= 0.3 is 0 Å². The van der Waals surface area contributed by atoms with Gasteiger partial charge in [-0.2, -0.15) is 5.10 Å². The Morgan fingerprint density at radius 2 is 2.04 bits per heavy atom. The molecule has 0 saturated carbocycles. The maximum atomic E-state index is 11.5. The third-order valence-electron chi connectivity index (χ3n) is 4.49. The largest absolute Gasteiger partial charge is 0.480 e. The molecule has 1 fully saturated rings. The first-order valence-corrected chi connectivity index (χ1v) is 9.66. The molecule has 1 unspecified atom stereocenters. The minimum atomic E-state index is -3.74. The summed E-state index contributed by atoms with van der Waals surface area (Å²) in [6, 6.07) is 8.34. The van der Waals surface area contributed by atoms with Crippen molar-refractivity contribution in [2.45, 2.75) is 17.4 Å². The molecule has 1 aromatic carbocycles. The van der Waals surface area contributed by atoms with Gasteiger partial charge in [0.1, 0.15) is 5.69 Å². The van der Waals surface area contributed by atoms with Crippen molar-refractivity contribution in [3.8, 4) is 17.1 Å². The standard InChI is InChI=1S/C17H18N4O4S/c1-24-17-15-14(6-8-19-17)21(12-7-9-25-10-12)20-16(15)11-2-4-13(5-3-11)26(18,22)23/h2-6,8,12H,7,9-10H2,1H3,(H2,18,22,23). The molecule has 0 spiro atoms. The lowest BCUT2D eigenvalue weighted by Gasteiger charge is -2.09. The van der Waals surface area contributed by atoms with Crippen LogP contribution >= 0.6 is 0 Å². The Bertz CT molecular complexity index is 1050. The lowest BCUT2D eigenvalue weighted by Crippen LogP contribution is -2.11. The molecule has 0 bridgehead atoms. The summed E-state index contributed by atoms with van der Waals surface area (Å²) in [5.41, 5.74) is 2.34. The van der Waals surface area contributed by atoms with Crippen LogP contribution < -0.4 is 9.88 Å². The molecule has 0 aliphatic carbocycles. The maximum absolute atomic E-state index is 11.5. The first-order chi connectivity index (χ1) is 12.5. The SMILES string of the molecule is COc1nccc2c1c(-c1ccc(S(N)(=O)=O)cc1)nn2C1CCOC1. The Morgan fingerprint density at radius 1 is 1.27 bits per heavy atom. The Kier molecular flexibility index (Phi) is 4.14. The number of pyridine rings is 1. The van der Waals surface area contributed by atoms with Crippen molar-refractivity contribution in [3.63, 3.8) is 0 Å². The minimum absolute atomic E-state index is 0.0549. The number of ether oxygens (including phenoxy) is 2. The van der Waals surface area contributed by atoms with Crippen LogP contribution in [-0.4, -0.2) is 43.5 Å². The highest BCUT2D eigenvalue weighted by Crippen LogP contribution is 2.36. The highest BCUT2D eigenvalue weighted by molar-refractivity contribution is 7.89. The first-order valence-electron chi connectivity index (χ1n) is 8.11. The molecule has 1 aliphatic rings. The molecule has 26 heavy (non-hydrogen) atoms. The van der Waals surface area contributed by atoms with Gasteiger partial charge in [-0.3, -0.25) is 4.68 Å². The topological polar surface area (TPSA) is 109 Å². The van der Waals surface area contributed by atoms with Gasteiger partial charge in [-0.1, -0.05) is 12.1 Å². The van der Waals surface area contributed by atoms with Crippen LogP contribution in [0, 0.1) is 0 Å². The molecule has 1 aliphatic heterocycles. The zero-order chi connectivity index (χ0) is 18.3. The highest BCUT2D eigenvalue weighted by atomic mass is 32.2. The summed E-state index contributed by atoms with van der Waals surface area (Å²) in [6.07, 6.45) is 2.56. The van der Waals surface area contributed by atoms with Gasteiger partial charge in [0.15, 0.2) is 0 Å². The summed E-state index contributed by atoms with van der Waals surface area (Å²) in [4.78, 5) is 4.34. The van der Waals surface area contributed by atoms with E-state index in [9.17, 15) is 8.42 Å². The molecule has 4 rings (SSSR count). The van der Waals surface area contributed by atoms with Gasteiger partial charge in [0, 0.05) is 18.4 Å². The monoisotopic (exact) mass is 374 g/mol. The van der Waals surface area contributed by atoms with E-state index >= 15 is 0 Å². The fourth-order valence-electron chi connectivity index (χ4n) is 3.21. The average Bonchev–Trinajstić information content (AvgIpc) is 3.28. The number of rotatable bonds is 4. The highest BCUT2D eigenvalue weighted by Gasteiger charge is 2.25. The smallest absolute Gasteiger partial charge is 0.238 e. The quantitative estimate of drug-likeness (QED) is 0.745. The summed E-state index contributed by atoms with van der Waals surface area (Å²) in [6.45, 7) is 1.30. The van der Waals surface area contributed by atoms with E-state index in [0.717, 1.165) is 22.9 Å². The lowest BCUT2D eigenvalue weighted by molar-refractivity contribution is 0.185. The Balaban J connectivity index is 1.91. The van der Waals surface area contributed by atoms with Gasteiger partial charge in [0.05, 0.1) is 35.6 Å². The number of aromatic nitrogens is 3. The molecule has 1 atom stereocenters. The van der Waals surface area contributed by atoms with E-state index in [1.165, 1.54) is 12.1 Å². The third kappa shape index (κ3) is 2.83. The zero-order valence-electron chi connectivity index (χ0n) is 14.1. The Hall–Kier alpha value is -2.49. The van der Waals surface area contributed by atoms with Gasteiger partial charge in [0.2, 0.25) is 15.9 Å². The van der Waals surface area contributed by atoms with Crippen LogP contribution in [0.3, 0.4) is 0 Å². The Morgan fingerprint density at radius 3 is 2.65 bits per heavy atom. The van der Waals surface area contributed by atoms with Crippen molar-refractivity contribution in [3.05, 3.63) is 36.5 Å². The number of nitrogens with zero attached hydrogens (tertiary/aromatic N) is 3. The van der Waals surface area contributed by atoms with Gasteiger partial charge in [0.25, 0.3) is 0 Å². The van der Waals surface area contributed by atoms with Crippen LogP contribution in [0.4, 0.5) is 0 Å². The predicted octanol–water partition coefficient (Wildman–Crippen LogP) is 1.72. The zero-order valence-corrected chi connectivity index (χ0v) is 14.9. The van der Waals surface area contributed by atoms with Crippen LogP contribution in [0.5, 0.6) is 5.88 Å². The minimum Gasteiger partial charge on any atom is -0.480 e. The van der Waals surface area contributed by atoms with Crippen molar-refractivity contribution < 1.29 is 17.9 Å². The number of hydrogen-bond donors (Lipinski definition) is 1. The molecule has 2 aromatic heterocycles. The third-order valence-corrected chi connectivity index (χ3v) is 5.42. The molecule has 3 heterocycles. The molecular formula is C17H18N4O4S. The van der Waals surface area contributed by atoms with Crippen molar-refractivity contribution in [1.82, 2.24) is 14.8 Å². The van der Waals surface area contributed by atoms with Crippen molar-refractivity contribution in [2.75, 3.05) is 20.3 Å². The van der Waals surface area contributed by atoms with Crippen LogP contribution in [0.1, 0.15) is 12.5 Å². The average molecular weight is 374 g/mol. The van der Waals surface area contributed by atoms with Crippen molar-refractivity contribution in [1.29, 1.82) is 0 Å². The van der Waals surface area contributed by atoms with E-state index < -0.39 is 10.0 Å². The van der Waals surface area contributed by atoms with E-state index in [-0.39, 0.29) is 10.9 Å². The molecule has 136 valence electrons. The number of fused-ring (bicyclic) bond motifs is 1. The molecule has 2 N–H and O–H groups in total. The van der Waals surface area contributed by atoms with Crippen LogP contribution in [0.15, 0.2) is 41.4 Å². The molecule has 3 aromatic rings. The predicted molar refractivity (Wildman–Crippen MR) is 95.4 cm³/mol. The van der Waals surface area contributed by atoms with E-state index in [1.54, 1.807) is 25.4 Å². The Labute approximate surface area is 150 Å². The molecule has 1 saturated heterocycles. The lowest BCUT2D eigenvalue weighted by atomic mass is 10.1. The number of sulfonamides is 1. The van der Waals surface area contributed by atoms with E-state index in [0.29, 0.717) is 24.8 Å². The van der Waals surface area contributed by atoms with Crippen molar-refractivity contribution in [2.24, 2.45) is 5.14 Å². The van der Waals surface area contributed by atoms with E-state index in [1.807, 2.05) is 10.7 Å². The normalized spacial score (nSPS) is 17.7. The van der Waals surface area contributed by atoms with Gasteiger partial charge < -0.3 is 9.47 Å². The fourth-order valence-corrected chi connectivity index (χ4v) is 3.73. The van der Waals surface area contributed by atoms with Crippen LogP contribution in [0.2, 0.25) is 0 Å². The van der Waals surface area contributed by atoms with Gasteiger partial charge in [-0.15, -0.1) is 0 Å². The summed E-state index contributed by atoms with van der Waals surface area (Å²) in [7, 11) is -2.18. The second-order valence-corrected chi connectivity index (χ2v) is 7.66. The molecule has 8 nitrogen and oxygen atoms in total.